The van der Waals surface area contributed by atoms with Gasteiger partial charge < -0.3 is 4.74 Å². The maximum atomic E-state index is 5.73. The molecule has 3 nitrogen and oxygen atoms in total. The van der Waals surface area contributed by atoms with Gasteiger partial charge in [0.2, 0.25) is 0 Å². The summed E-state index contributed by atoms with van der Waals surface area (Å²) in [5, 5.41) is 7.65. The molecule has 58 valence electrons. The molecule has 12 heavy (non-hydrogen) atoms. The summed E-state index contributed by atoms with van der Waals surface area (Å²) in [7, 11) is 7.34. The molecule has 0 spiro atoms. The summed E-state index contributed by atoms with van der Waals surface area (Å²) in [4.78, 5) is 0. The van der Waals surface area contributed by atoms with Gasteiger partial charge in [0.05, 0.1) is 18.8 Å². The van der Waals surface area contributed by atoms with Crippen molar-refractivity contribution in [2.24, 2.45) is 0 Å². The first-order valence-electron chi connectivity index (χ1n) is 3.58. The molecule has 1 N–H and O–H groups in total. The second-order valence-corrected chi connectivity index (χ2v) is 2.55. The summed E-state index contributed by atoms with van der Waals surface area (Å²) in [5.41, 5.74) is 1.51. The third kappa shape index (κ3) is 0.960. The van der Waals surface area contributed by atoms with E-state index in [1.807, 2.05) is 6.07 Å². The number of methoxy groups -OCH3 is 1. The van der Waals surface area contributed by atoms with Gasteiger partial charge in [-0.05, 0) is 12.1 Å². The van der Waals surface area contributed by atoms with Gasteiger partial charge in [-0.3, -0.25) is 5.10 Å². The molecule has 0 bridgehead atoms. The Bertz CT molecular complexity index is 410. The highest BCUT2D eigenvalue weighted by Crippen LogP contribution is 2.15. The monoisotopic (exact) mass is 158 g/mol. The summed E-state index contributed by atoms with van der Waals surface area (Å²) in [6.07, 6.45) is 1.72. The Balaban J connectivity index is 2.75. The normalized spacial score (nSPS) is 10.4. The largest absolute Gasteiger partial charge is 0.497 e. The fraction of sp³-hybridized carbons (Fsp3) is 0.125. The average Bonchev–Trinajstić information content (AvgIpc) is 2.52. The van der Waals surface area contributed by atoms with E-state index in [1.54, 1.807) is 19.4 Å². The predicted molar refractivity (Wildman–Crippen MR) is 48.0 cm³/mol. The number of nitrogens with zero attached hydrogens (tertiary/aromatic N) is 1. The van der Waals surface area contributed by atoms with Crippen LogP contribution in [0.15, 0.2) is 18.3 Å². The molecule has 0 aliphatic rings. The number of aromatic nitrogens is 2. The summed E-state index contributed by atoms with van der Waals surface area (Å²) >= 11 is 0. The molecule has 2 rings (SSSR count). The van der Waals surface area contributed by atoms with Gasteiger partial charge in [0, 0.05) is 5.39 Å². The Morgan fingerprint density at radius 3 is 3.08 bits per heavy atom. The van der Waals surface area contributed by atoms with Crippen molar-refractivity contribution in [2.75, 3.05) is 7.11 Å². The smallest absolute Gasteiger partial charge is 0.119 e. The van der Waals surface area contributed by atoms with E-state index in [0.717, 1.165) is 16.7 Å². The second kappa shape index (κ2) is 2.55. The van der Waals surface area contributed by atoms with Crippen LogP contribution in [0, 0.1) is 0 Å². The number of hydrogen-bond acceptors (Lipinski definition) is 2. The Morgan fingerprint density at radius 2 is 2.33 bits per heavy atom. The first kappa shape index (κ1) is 7.22. The van der Waals surface area contributed by atoms with Gasteiger partial charge >= 0.3 is 0 Å². The molecule has 0 amide bonds. The molecule has 0 saturated heterocycles. The van der Waals surface area contributed by atoms with E-state index in [9.17, 15) is 0 Å². The molecule has 0 unspecified atom stereocenters. The van der Waals surface area contributed by atoms with Crippen LogP contribution in [0.2, 0.25) is 0 Å². The summed E-state index contributed by atoms with van der Waals surface area (Å²) in [5.74, 6) is 0.751. The van der Waals surface area contributed by atoms with Crippen molar-refractivity contribution in [1.29, 1.82) is 0 Å². The topological polar surface area (TPSA) is 37.9 Å². The quantitative estimate of drug-likeness (QED) is 0.608. The van der Waals surface area contributed by atoms with E-state index in [4.69, 9.17) is 12.6 Å². The number of nitrogens with one attached hydrogen (secondary N) is 1. The van der Waals surface area contributed by atoms with E-state index in [0.29, 0.717) is 5.46 Å². The second-order valence-electron chi connectivity index (χ2n) is 2.55. The zero-order valence-electron chi connectivity index (χ0n) is 6.66. The third-order valence-electron chi connectivity index (χ3n) is 1.79. The number of rotatable bonds is 1. The van der Waals surface area contributed by atoms with Crippen LogP contribution in [0.3, 0.4) is 0 Å². The lowest BCUT2D eigenvalue weighted by Gasteiger charge is -2.01. The molecule has 0 aliphatic carbocycles. The van der Waals surface area contributed by atoms with E-state index in [1.165, 1.54) is 0 Å². The maximum absolute atomic E-state index is 5.73. The zero-order chi connectivity index (χ0) is 8.55. The Morgan fingerprint density at radius 1 is 1.50 bits per heavy atom. The van der Waals surface area contributed by atoms with Crippen molar-refractivity contribution in [3.63, 3.8) is 0 Å². The van der Waals surface area contributed by atoms with E-state index < -0.39 is 0 Å². The molecule has 1 heterocycles. The van der Waals surface area contributed by atoms with Crippen molar-refractivity contribution in [3.05, 3.63) is 18.3 Å². The molecule has 0 fully saturated rings. The van der Waals surface area contributed by atoms with E-state index in [-0.39, 0.29) is 0 Å². The molecule has 1 aromatic carbocycles. The van der Waals surface area contributed by atoms with Gasteiger partial charge in [0.15, 0.2) is 0 Å². The lowest BCUT2D eigenvalue weighted by Crippen LogP contribution is -2.04. The Hall–Kier alpha value is -1.45. The van der Waals surface area contributed by atoms with Gasteiger partial charge in [-0.2, -0.15) is 5.10 Å². The minimum Gasteiger partial charge on any atom is -0.497 e. The SMILES string of the molecule is [B]c1cc(OC)cc2cn[nH]c12. The van der Waals surface area contributed by atoms with Crippen molar-refractivity contribution in [2.45, 2.75) is 0 Å². The van der Waals surface area contributed by atoms with Crippen LogP contribution in [-0.2, 0) is 0 Å². The zero-order valence-corrected chi connectivity index (χ0v) is 6.66. The van der Waals surface area contributed by atoms with Crippen LogP contribution in [0.25, 0.3) is 10.9 Å². The fourth-order valence-corrected chi connectivity index (χ4v) is 1.17. The van der Waals surface area contributed by atoms with Gasteiger partial charge in [-0.15, -0.1) is 0 Å². The lowest BCUT2D eigenvalue weighted by atomic mass is 9.94. The Labute approximate surface area is 71.1 Å². The number of H-pyrrole nitrogens is 1. The van der Waals surface area contributed by atoms with Crippen LogP contribution in [-0.4, -0.2) is 25.2 Å². The standard InChI is InChI=1S/C8H7BN2O/c1-12-6-2-5-4-10-11-8(5)7(9)3-6/h2-4H,1H3,(H,10,11). The fourth-order valence-electron chi connectivity index (χ4n) is 1.17. The molecular formula is C8H7BN2O. The Kier molecular flexibility index (Phi) is 1.53. The molecule has 0 atom stereocenters. The molecule has 1 aromatic heterocycles. The van der Waals surface area contributed by atoms with Crippen LogP contribution in [0.4, 0.5) is 0 Å². The van der Waals surface area contributed by atoms with Crippen molar-refractivity contribution in [3.8, 4) is 5.75 Å². The maximum Gasteiger partial charge on any atom is 0.119 e. The average molecular weight is 158 g/mol. The van der Waals surface area contributed by atoms with Crippen molar-refractivity contribution < 1.29 is 4.74 Å². The molecular weight excluding hydrogens is 151 g/mol. The summed E-state index contributed by atoms with van der Waals surface area (Å²) in [6, 6.07) is 3.65. The van der Waals surface area contributed by atoms with Crippen molar-refractivity contribution >= 4 is 24.2 Å². The number of hydrogen-bond donors (Lipinski definition) is 1. The van der Waals surface area contributed by atoms with Crippen LogP contribution < -0.4 is 10.2 Å². The van der Waals surface area contributed by atoms with Crippen LogP contribution >= 0.6 is 0 Å². The van der Waals surface area contributed by atoms with Crippen LogP contribution in [0.1, 0.15) is 0 Å². The number of benzene rings is 1. The van der Waals surface area contributed by atoms with Gasteiger partial charge in [-0.1, -0.05) is 5.46 Å². The highest BCUT2D eigenvalue weighted by molar-refractivity contribution is 6.38. The van der Waals surface area contributed by atoms with Gasteiger partial charge in [-0.25, -0.2) is 0 Å². The number of fused-ring (bicyclic) bond motifs is 1. The first-order chi connectivity index (χ1) is 5.81. The number of ether oxygens (including phenoxy) is 1. The lowest BCUT2D eigenvalue weighted by molar-refractivity contribution is 0.416. The third-order valence-corrected chi connectivity index (χ3v) is 1.79. The van der Waals surface area contributed by atoms with E-state index >= 15 is 0 Å². The first-order valence-corrected chi connectivity index (χ1v) is 3.58. The predicted octanol–water partition coefficient (Wildman–Crippen LogP) is 0.365. The minimum atomic E-state index is 0.654. The van der Waals surface area contributed by atoms with Gasteiger partial charge in [0.25, 0.3) is 0 Å². The van der Waals surface area contributed by atoms with Gasteiger partial charge in [0.1, 0.15) is 13.6 Å². The highest BCUT2D eigenvalue weighted by Gasteiger charge is 2.01. The molecule has 2 aromatic rings. The molecule has 2 radical (unpaired) electrons. The highest BCUT2D eigenvalue weighted by atomic mass is 16.5. The molecule has 0 aliphatic heterocycles. The van der Waals surface area contributed by atoms with E-state index in [2.05, 4.69) is 10.2 Å². The molecule has 0 saturated carbocycles. The van der Waals surface area contributed by atoms with Crippen molar-refractivity contribution in [1.82, 2.24) is 10.2 Å². The van der Waals surface area contributed by atoms with Crippen LogP contribution in [0.5, 0.6) is 5.75 Å². The molecule has 4 heteroatoms. The summed E-state index contributed by atoms with van der Waals surface area (Å²) in [6.45, 7) is 0. The summed E-state index contributed by atoms with van der Waals surface area (Å²) < 4.78 is 5.05. The minimum absolute atomic E-state index is 0.654. The number of aromatic amines is 1.